The van der Waals surface area contributed by atoms with Crippen LogP contribution in [0.15, 0.2) is 267 Å². The third-order valence-corrected chi connectivity index (χ3v) is 15.1. The lowest BCUT2D eigenvalue weighted by Gasteiger charge is -2.50. The van der Waals surface area contributed by atoms with Gasteiger partial charge in [-0.2, -0.15) is 0 Å². The summed E-state index contributed by atoms with van der Waals surface area (Å²) >= 11 is 0. The van der Waals surface area contributed by atoms with Crippen molar-refractivity contribution in [3.8, 4) is 16.8 Å². The van der Waals surface area contributed by atoms with Crippen LogP contribution in [0.3, 0.4) is 0 Å². The predicted molar refractivity (Wildman–Crippen MR) is 282 cm³/mol. The van der Waals surface area contributed by atoms with E-state index < -0.39 is 10.8 Å². The van der Waals surface area contributed by atoms with Crippen molar-refractivity contribution in [1.82, 2.24) is 4.57 Å². The number of aromatic nitrogens is 1. The fourth-order valence-corrected chi connectivity index (χ4v) is 12.5. The molecule has 0 bridgehead atoms. The van der Waals surface area contributed by atoms with Crippen LogP contribution >= 0.6 is 0 Å². The van der Waals surface area contributed by atoms with Crippen molar-refractivity contribution in [2.24, 2.45) is 0 Å². The molecule has 2 aliphatic rings. The van der Waals surface area contributed by atoms with E-state index in [2.05, 4.69) is 276 Å². The molecule has 0 saturated carbocycles. The molecule has 12 aromatic rings. The lowest BCUT2D eigenvalue weighted by Crippen LogP contribution is -2.44. The second-order valence-electron chi connectivity index (χ2n) is 18.3. The Kier molecular flexibility index (Phi) is 8.45. The number of anilines is 3. The molecule has 0 aliphatic heterocycles. The molecule has 0 radical (unpaired) electrons. The van der Waals surface area contributed by atoms with Gasteiger partial charge in [0.1, 0.15) is 0 Å². The molecule has 68 heavy (non-hydrogen) atoms. The van der Waals surface area contributed by atoms with E-state index in [0.717, 1.165) is 28.3 Å². The zero-order valence-corrected chi connectivity index (χ0v) is 37.3. The van der Waals surface area contributed by atoms with Gasteiger partial charge in [0.25, 0.3) is 0 Å². The molecule has 2 nitrogen and oxygen atoms in total. The average Bonchev–Trinajstić information content (AvgIpc) is 3.91. The molecule has 0 N–H and O–H groups in total. The highest BCUT2D eigenvalue weighted by molar-refractivity contribution is 6.11. The Morgan fingerprint density at radius 3 is 1.65 bits per heavy atom. The summed E-state index contributed by atoms with van der Waals surface area (Å²) in [6.45, 7) is 0. The first-order chi connectivity index (χ1) is 33.8. The lowest BCUT2D eigenvalue weighted by atomic mass is 9.51. The van der Waals surface area contributed by atoms with Gasteiger partial charge in [0.2, 0.25) is 0 Å². The maximum atomic E-state index is 2.50. The average molecular weight is 865 g/mol. The topological polar surface area (TPSA) is 8.17 Å². The van der Waals surface area contributed by atoms with Gasteiger partial charge in [-0.3, -0.25) is 0 Å². The van der Waals surface area contributed by atoms with Crippen LogP contribution in [0.1, 0.15) is 44.5 Å². The van der Waals surface area contributed by atoms with E-state index in [1.54, 1.807) is 0 Å². The van der Waals surface area contributed by atoms with E-state index in [-0.39, 0.29) is 0 Å². The van der Waals surface area contributed by atoms with Crippen molar-refractivity contribution in [1.29, 1.82) is 0 Å². The molecule has 11 aromatic carbocycles. The summed E-state index contributed by atoms with van der Waals surface area (Å²) in [5.74, 6) is 0. The van der Waals surface area contributed by atoms with E-state index >= 15 is 0 Å². The Hall–Kier alpha value is -8.72. The van der Waals surface area contributed by atoms with Gasteiger partial charge in [0.05, 0.1) is 27.6 Å². The first-order valence-corrected chi connectivity index (χ1v) is 23.7. The smallest absolute Gasteiger partial charge is 0.0728 e. The van der Waals surface area contributed by atoms with Crippen LogP contribution in [0.4, 0.5) is 17.1 Å². The van der Waals surface area contributed by atoms with Gasteiger partial charge in [-0.1, -0.05) is 218 Å². The molecular weight excluding hydrogens is 821 g/mol. The van der Waals surface area contributed by atoms with Gasteiger partial charge in [-0.05, 0) is 115 Å². The van der Waals surface area contributed by atoms with Crippen molar-refractivity contribution in [2.45, 2.75) is 10.8 Å². The zero-order chi connectivity index (χ0) is 44.8. The van der Waals surface area contributed by atoms with Crippen LogP contribution in [0, 0.1) is 0 Å². The van der Waals surface area contributed by atoms with Crippen molar-refractivity contribution < 1.29 is 0 Å². The summed E-state index contributed by atoms with van der Waals surface area (Å²) < 4.78 is 2.45. The summed E-state index contributed by atoms with van der Waals surface area (Å²) in [6, 6.07) is 99.6. The molecule has 2 unspecified atom stereocenters. The second kappa shape index (κ2) is 14.9. The fraction of sp³-hybridized carbons (Fsp3) is 0.0303. The fourth-order valence-electron chi connectivity index (χ4n) is 12.5. The third kappa shape index (κ3) is 5.23. The first kappa shape index (κ1) is 38.5. The van der Waals surface area contributed by atoms with E-state index in [0.29, 0.717) is 0 Å². The molecule has 2 heteroatoms. The Balaban J connectivity index is 1.09. The molecule has 1 aromatic heterocycles. The predicted octanol–water partition coefficient (Wildman–Crippen LogP) is 16.5. The number of para-hydroxylation sites is 3. The van der Waals surface area contributed by atoms with E-state index in [1.165, 1.54) is 82.7 Å². The largest absolute Gasteiger partial charge is 0.310 e. The van der Waals surface area contributed by atoms with Gasteiger partial charge >= 0.3 is 0 Å². The van der Waals surface area contributed by atoms with Gasteiger partial charge in [0.15, 0.2) is 0 Å². The summed E-state index contributed by atoms with van der Waals surface area (Å²) in [6.07, 6.45) is 0. The zero-order valence-electron chi connectivity index (χ0n) is 37.3. The lowest BCUT2D eigenvalue weighted by molar-refractivity contribution is 0.627. The number of benzene rings is 11. The Labute approximate surface area is 396 Å². The summed E-state index contributed by atoms with van der Waals surface area (Å²) in [5.41, 5.74) is 18.4. The van der Waals surface area contributed by atoms with Gasteiger partial charge in [0, 0.05) is 27.8 Å². The van der Waals surface area contributed by atoms with Crippen LogP contribution in [-0.4, -0.2) is 4.57 Å². The second-order valence-corrected chi connectivity index (χ2v) is 18.3. The monoisotopic (exact) mass is 864 g/mol. The molecule has 2 aliphatic carbocycles. The molecule has 14 rings (SSSR count). The minimum Gasteiger partial charge on any atom is -0.310 e. The minimum atomic E-state index is -0.739. The molecule has 0 fully saturated rings. The Morgan fingerprint density at radius 1 is 0.309 bits per heavy atom. The SMILES string of the molecule is c1ccc(N(c2ccc3c4ccccc4n(-c4ccc5ccccc5c4)c3c2)c2ccccc2C2(c3ccccc3)c3ccccc3C3(c4ccccc4)c4ccccc4-c4cccc2c43)cc1. The van der Waals surface area contributed by atoms with Crippen LogP contribution in [0.5, 0.6) is 0 Å². The first-order valence-electron chi connectivity index (χ1n) is 23.7. The molecular formula is C66H44N2. The van der Waals surface area contributed by atoms with E-state index in [9.17, 15) is 0 Å². The molecule has 2 atom stereocenters. The highest BCUT2D eigenvalue weighted by Crippen LogP contribution is 2.66. The highest BCUT2D eigenvalue weighted by atomic mass is 15.1. The van der Waals surface area contributed by atoms with Gasteiger partial charge in [-0.25, -0.2) is 0 Å². The van der Waals surface area contributed by atoms with Crippen LogP contribution < -0.4 is 4.90 Å². The molecule has 0 saturated heterocycles. The number of fused-ring (bicyclic) bond motifs is 9. The maximum absolute atomic E-state index is 2.50. The standard InChI is InChI=1S/C66H44N2/c1-4-23-47(24-5-1)65(57-33-15-16-34-58(57)66(48-25-6-2-7-26-48)56-32-14-12-29-52(56)55-31-20-36-60(65)64(55)66)59-35-17-19-38-62(59)67(49-27-8-3-9-28-49)51-41-42-54-53-30-13-18-37-61(53)68(63(54)44-51)50-40-39-45-21-10-11-22-46(45)43-50/h1-44H. The Bertz CT molecular complexity index is 3930. The van der Waals surface area contributed by atoms with Gasteiger partial charge < -0.3 is 9.47 Å². The summed E-state index contributed by atoms with van der Waals surface area (Å²) in [5, 5.41) is 4.90. The van der Waals surface area contributed by atoms with Crippen molar-refractivity contribution in [3.63, 3.8) is 0 Å². The minimum absolute atomic E-state index is 0.534. The quantitative estimate of drug-likeness (QED) is 0.155. The normalized spacial score (nSPS) is 16.6. The number of rotatable bonds is 7. The molecule has 0 spiro atoms. The van der Waals surface area contributed by atoms with Crippen molar-refractivity contribution in [3.05, 3.63) is 311 Å². The van der Waals surface area contributed by atoms with Gasteiger partial charge in [-0.15, -0.1) is 0 Å². The number of hydrogen-bond donors (Lipinski definition) is 0. The van der Waals surface area contributed by atoms with Crippen molar-refractivity contribution in [2.75, 3.05) is 4.90 Å². The van der Waals surface area contributed by atoms with E-state index in [1.807, 2.05) is 0 Å². The van der Waals surface area contributed by atoms with E-state index in [4.69, 9.17) is 0 Å². The number of hydrogen-bond acceptors (Lipinski definition) is 1. The molecule has 318 valence electrons. The molecule has 1 heterocycles. The highest BCUT2D eigenvalue weighted by Gasteiger charge is 2.58. The van der Waals surface area contributed by atoms with Crippen molar-refractivity contribution >= 4 is 49.6 Å². The van der Waals surface area contributed by atoms with Crippen LogP contribution in [0.2, 0.25) is 0 Å². The Morgan fingerprint density at radius 2 is 0.868 bits per heavy atom. The summed E-state index contributed by atoms with van der Waals surface area (Å²) in [7, 11) is 0. The number of nitrogens with zero attached hydrogens (tertiary/aromatic N) is 2. The molecule has 0 amide bonds. The maximum Gasteiger partial charge on any atom is 0.0728 e. The van der Waals surface area contributed by atoms with Crippen LogP contribution in [0.25, 0.3) is 49.4 Å². The summed E-state index contributed by atoms with van der Waals surface area (Å²) in [4.78, 5) is 2.50. The van der Waals surface area contributed by atoms with Crippen LogP contribution in [-0.2, 0) is 10.8 Å². The third-order valence-electron chi connectivity index (χ3n) is 15.1.